The number of hydrogen-bond donors (Lipinski definition) is 1. The van der Waals surface area contributed by atoms with Crippen LogP contribution in [0.4, 0.5) is 0 Å². The van der Waals surface area contributed by atoms with Gasteiger partial charge >= 0.3 is 244 Å². The fourth-order valence-corrected chi connectivity index (χ4v) is 10.4. The number of hydrogen-bond acceptors (Lipinski definition) is 3. The van der Waals surface area contributed by atoms with E-state index in [0.29, 0.717) is 5.82 Å². The number of aryl methyl sites for hydroxylation is 1. The van der Waals surface area contributed by atoms with Crippen LogP contribution in [-0.2, 0) is 42.7 Å². The summed E-state index contributed by atoms with van der Waals surface area (Å²) in [6.45, 7) is 29.0. The number of nitrogens with zero attached hydrogens (tertiary/aromatic N) is 3. The molecule has 0 fully saturated rings. The summed E-state index contributed by atoms with van der Waals surface area (Å²) in [5, 5.41) is 13.8. The van der Waals surface area contributed by atoms with E-state index >= 15 is 0 Å². The molecule has 0 atom stereocenters. The van der Waals surface area contributed by atoms with Crippen LogP contribution < -0.4 is 0 Å². The maximum absolute atomic E-state index is 12.5. The molecule has 0 saturated carbocycles. The van der Waals surface area contributed by atoms with Gasteiger partial charge in [-0.15, -0.1) is 0 Å². The molecule has 8 rings (SSSR count). The molecular formula is C55H58N3OPtSe-. The molecule has 0 aliphatic rings. The van der Waals surface area contributed by atoms with Crippen LogP contribution in [-0.4, -0.2) is 34.1 Å². The normalized spacial score (nSPS) is 12.6. The Balaban J connectivity index is 0.00000561. The van der Waals surface area contributed by atoms with Crippen LogP contribution in [0.5, 0.6) is 5.75 Å². The number of rotatable bonds is 5. The Morgan fingerprint density at radius 2 is 1.26 bits per heavy atom. The summed E-state index contributed by atoms with van der Waals surface area (Å²) >= 11 is 0.205. The van der Waals surface area contributed by atoms with Gasteiger partial charge in [-0.25, -0.2) is 0 Å². The van der Waals surface area contributed by atoms with E-state index in [9.17, 15) is 5.11 Å². The first-order valence-corrected chi connectivity index (χ1v) is 23.0. The Labute approximate surface area is 383 Å². The van der Waals surface area contributed by atoms with Gasteiger partial charge in [-0.3, -0.25) is 0 Å². The number of phenolic OH excluding ortho intramolecular Hbond substituents is 1. The Morgan fingerprint density at radius 3 is 1.92 bits per heavy atom. The van der Waals surface area contributed by atoms with Crippen LogP contribution in [0.3, 0.4) is 0 Å². The van der Waals surface area contributed by atoms with Gasteiger partial charge in [0.15, 0.2) is 0 Å². The average molecular weight is 1050 g/mol. The molecule has 0 bridgehead atoms. The summed E-state index contributed by atoms with van der Waals surface area (Å²) in [6.07, 6.45) is 1.94. The zero-order chi connectivity index (χ0) is 43.1. The molecule has 6 heteroatoms. The molecular weight excluding hydrogens is 993 g/mol. The molecule has 5 aromatic carbocycles. The molecule has 0 saturated heterocycles. The maximum atomic E-state index is 12.5. The average Bonchev–Trinajstić information content (AvgIpc) is 3.76. The van der Waals surface area contributed by atoms with Crippen molar-refractivity contribution in [1.29, 1.82) is 0 Å². The molecule has 0 radical (unpaired) electrons. The van der Waals surface area contributed by atoms with Gasteiger partial charge in [0.2, 0.25) is 0 Å². The molecule has 316 valence electrons. The molecule has 3 aromatic heterocycles. The van der Waals surface area contributed by atoms with E-state index in [1.807, 2.05) is 6.20 Å². The molecule has 0 aliphatic carbocycles. The topological polar surface area (TPSA) is 50.9 Å². The van der Waals surface area contributed by atoms with E-state index in [4.69, 9.17) is 9.97 Å². The predicted molar refractivity (Wildman–Crippen MR) is 255 cm³/mol. The maximum Gasteiger partial charge on any atom is 0 e. The van der Waals surface area contributed by atoms with Crippen molar-refractivity contribution in [3.05, 3.63) is 142 Å². The van der Waals surface area contributed by atoms with Crippen LogP contribution >= 0.6 is 0 Å². The molecule has 0 spiro atoms. The second-order valence-electron chi connectivity index (χ2n) is 20.6. The number of pyridine rings is 1. The first kappa shape index (κ1) is 44.5. The smallest absolute Gasteiger partial charge is 0 e. The van der Waals surface area contributed by atoms with E-state index in [1.165, 1.54) is 26.3 Å². The van der Waals surface area contributed by atoms with Gasteiger partial charge in [-0.2, -0.15) is 0 Å². The summed E-state index contributed by atoms with van der Waals surface area (Å²) in [4.78, 5) is 13.0. The largest absolute Gasteiger partial charge is 0 e. The third kappa shape index (κ3) is 8.39. The van der Waals surface area contributed by atoms with Crippen molar-refractivity contribution in [1.82, 2.24) is 14.5 Å². The van der Waals surface area contributed by atoms with Gasteiger partial charge in [0.05, 0.1) is 0 Å². The summed E-state index contributed by atoms with van der Waals surface area (Å²) in [7, 11) is 0. The molecule has 1 N–H and O–H groups in total. The fourth-order valence-electron chi connectivity index (χ4n) is 8.15. The zero-order valence-electron chi connectivity index (χ0n) is 37.9. The van der Waals surface area contributed by atoms with E-state index in [0.717, 1.165) is 66.9 Å². The molecule has 4 nitrogen and oxygen atoms in total. The van der Waals surface area contributed by atoms with Gasteiger partial charge in [-0.1, -0.05) is 98.7 Å². The van der Waals surface area contributed by atoms with Crippen molar-refractivity contribution in [2.75, 3.05) is 0 Å². The van der Waals surface area contributed by atoms with Crippen LogP contribution in [0, 0.1) is 13.0 Å². The van der Waals surface area contributed by atoms with Crippen LogP contribution in [0.15, 0.2) is 108 Å². The molecule has 8 aromatic rings. The van der Waals surface area contributed by atoms with Crippen LogP contribution in [0.25, 0.3) is 71.3 Å². The third-order valence-electron chi connectivity index (χ3n) is 11.9. The van der Waals surface area contributed by atoms with E-state index in [1.54, 1.807) is 0 Å². The molecule has 0 aliphatic heterocycles. The number of fused-ring (bicyclic) bond motifs is 2. The number of para-hydroxylation sites is 1. The number of aromatic hydroxyl groups is 1. The summed E-state index contributed by atoms with van der Waals surface area (Å²) < 4.78 is 3.61. The molecule has 0 amide bonds. The van der Waals surface area contributed by atoms with Gasteiger partial charge in [0.1, 0.15) is 0 Å². The van der Waals surface area contributed by atoms with Crippen molar-refractivity contribution in [2.24, 2.45) is 0 Å². The minimum atomic E-state index is -0.314. The fraction of sp³-hybridized carbons (Fsp3) is 0.309. The molecule has 3 heterocycles. The van der Waals surface area contributed by atoms with Gasteiger partial charge in [0, 0.05) is 21.1 Å². The number of benzene rings is 5. The third-order valence-corrected chi connectivity index (χ3v) is 14.2. The van der Waals surface area contributed by atoms with Crippen molar-refractivity contribution >= 4 is 35.2 Å². The number of phenols is 1. The molecule has 61 heavy (non-hydrogen) atoms. The van der Waals surface area contributed by atoms with E-state index in [-0.39, 0.29) is 63.0 Å². The van der Waals surface area contributed by atoms with E-state index in [2.05, 4.69) is 203 Å². The van der Waals surface area contributed by atoms with Crippen molar-refractivity contribution in [3.8, 4) is 56.3 Å². The van der Waals surface area contributed by atoms with Crippen molar-refractivity contribution < 1.29 is 26.2 Å². The van der Waals surface area contributed by atoms with Gasteiger partial charge < -0.3 is 0 Å². The first-order valence-electron chi connectivity index (χ1n) is 21.1. The quantitative estimate of drug-likeness (QED) is 0.138. The summed E-state index contributed by atoms with van der Waals surface area (Å²) in [5.41, 5.74) is 14.9. The Kier molecular flexibility index (Phi) is 11.7. The zero-order valence-corrected chi connectivity index (χ0v) is 41.9. The Hall–Kier alpha value is -4.53. The SMILES string of the molecule is Cc1c[se]c2c(-c3[c-]c(-c4cccc5c4nc(-c4cc(C(C)(C)C)cc(C(C)(C)C)c4O)n5-c4ccc(C(C)(C)C)cc4-c4ccccc4)cc(C(C)(C)C)c3)nccc12.[Pt]. The van der Waals surface area contributed by atoms with Crippen molar-refractivity contribution in [2.45, 2.75) is 112 Å². The minimum absolute atomic E-state index is 0. The predicted octanol–water partition coefficient (Wildman–Crippen LogP) is 14.3. The number of imidazole rings is 1. The van der Waals surface area contributed by atoms with Gasteiger partial charge in [-0.05, 0) is 21.8 Å². The monoisotopic (exact) mass is 1050 g/mol. The Bertz CT molecular complexity index is 2930. The summed E-state index contributed by atoms with van der Waals surface area (Å²) in [5.74, 6) is 0.964. The second kappa shape index (κ2) is 16.0. The summed E-state index contributed by atoms with van der Waals surface area (Å²) in [6, 6.07) is 39.0. The van der Waals surface area contributed by atoms with Crippen LogP contribution in [0.1, 0.15) is 111 Å². The minimum Gasteiger partial charge on any atom is 0 e. The Morgan fingerprint density at radius 1 is 0.623 bits per heavy atom. The van der Waals surface area contributed by atoms with E-state index < -0.39 is 0 Å². The second-order valence-corrected chi connectivity index (χ2v) is 22.5. The van der Waals surface area contributed by atoms with Gasteiger partial charge in [0.25, 0.3) is 0 Å². The molecule has 0 unspecified atom stereocenters. The van der Waals surface area contributed by atoms with Crippen molar-refractivity contribution in [3.63, 3.8) is 0 Å². The number of aromatic nitrogens is 3. The van der Waals surface area contributed by atoms with Crippen LogP contribution in [0.2, 0.25) is 0 Å². The first-order chi connectivity index (χ1) is 28.1. The standard InChI is InChI=1S/C55H58N3OSe.Pt/c1-33-32-60-50-40(33)24-25-56-47(50)36-26-35(27-38(28-36)53(5,6)7)41-20-17-21-46-48(41)57-51(43-30-39(54(8,9)10)31-44(49(43)59)55(11,12)13)58(46)45-23-22-37(52(2,3)4)29-42(45)34-18-15-14-16-19-34;/h14-25,27-32,59H,1-13H3;/q-1;.